The number of pyridine rings is 1. The molecular weight excluding hydrogens is 236 g/mol. The fourth-order valence-electron chi connectivity index (χ4n) is 1.87. The van der Waals surface area contributed by atoms with Crippen LogP contribution in [0.25, 0.3) is 0 Å². The Morgan fingerprint density at radius 1 is 1.44 bits per heavy atom. The first-order chi connectivity index (χ1) is 8.54. The second-order valence-corrected chi connectivity index (χ2v) is 4.90. The van der Waals surface area contributed by atoms with Gasteiger partial charge in [-0.3, -0.25) is 0 Å². The van der Waals surface area contributed by atoms with Crippen molar-refractivity contribution in [3.63, 3.8) is 0 Å². The Hall–Kier alpha value is -1.23. The largest absolute Gasteiger partial charge is 0.354 e. The summed E-state index contributed by atoms with van der Waals surface area (Å²) < 4.78 is 24.7. The van der Waals surface area contributed by atoms with Crippen LogP contribution in [-0.4, -0.2) is 31.0 Å². The minimum absolute atomic E-state index is 0.286. The van der Waals surface area contributed by atoms with E-state index < -0.39 is 6.43 Å². The van der Waals surface area contributed by atoms with Crippen LogP contribution in [0.4, 0.5) is 14.6 Å². The second-order valence-electron chi connectivity index (χ2n) is 4.90. The van der Waals surface area contributed by atoms with Crippen LogP contribution in [0, 0.1) is 6.92 Å². The van der Waals surface area contributed by atoms with Gasteiger partial charge in [0.15, 0.2) is 0 Å². The fraction of sp³-hybridized carbons (Fsp3) is 0.615. The van der Waals surface area contributed by atoms with Crippen LogP contribution in [0.1, 0.15) is 24.1 Å². The number of nitrogens with one attached hydrogen (secondary N) is 1. The smallest absolute Gasteiger partial charge is 0.255 e. The van der Waals surface area contributed by atoms with Gasteiger partial charge in [-0.25, -0.2) is 13.8 Å². The molecule has 1 N–H and O–H groups in total. The number of aryl methyl sites for hydroxylation is 1. The highest BCUT2D eigenvalue weighted by atomic mass is 19.3. The quantitative estimate of drug-likeness (QED) is 0.845. The summed E-state index contributed by atoms with van der Waals surface area (Å²) in [6, 6.07) is 4.51. The molecule has 0 saturated heterocycles. The van der Waals surface area contributed by atoms with Crippen LogP contribution in [0.2, 0.25) is 0 Å². The molecule has 0 bridgehead atoms. The van der Waals surface area contributed by atoms with Crippen molar-refractivity contribution in [2.75, 3.05) is 18.5 Å². The lowest BCUT2D eigenvalue weighted by Gasteiger charge is -2.19. The third kappa shape index (κ3) is 3.91. The zero-order valence-corrected chi connectivity index (χ0v) is 10.8. The molecule has 1 aromatic heterocycles. The predicted molar refractivity (Wildman–Crippen MR) is 68.1 cm³/mol. The van der Waals surface area contributed by atoms with E-state index in [9.17, 15) is 8.78 Å². The molecule has 0 atom stereocenters. The average Bonchev–Trinajstić information content (AvgIpc) is 3.08. The summed E-state index contributed by atoms with van der Waals surface area (Å²) in [7, 11) is 1.64. The van der Waals surface area contributed by atoms with Crippen molar-refractivity contribution in [1.29, 1.82) is 0 Å². The van der Waals surface area contributed by atoms with Crippen molar-refractivity contribution < 1.29 is 8.78 Å². The summed E-state index contributed by atoms with van der Waals surface area (Å²) in [5.41, 5.74) is 1.96. The highest BCUT2D eigenvalue weighted by Gasteiger charge is 2.20. The van der Waals surface area contributed by atoms with E-state index in [2.05, 4.69) is 10.3 Å². The molecule has 0 radical (unpaired) electrons. The van der Waals surface area contributed by atoms with E-state index in [0.29, 0.717) is 11.9 Å². The Morgan fingerprint density at radius 2 is 2.17 bits per heavy atom. The molecule has 1 heterocycles. The Labute approximate surface area is 106 Å². The maximum atomic E-state index is 12.4. The minimum atomic E-state index is -2.34. The highest BCUT2D eigenvalue weighted by Crippen LogP contribution is 2.20. The molecule has 1 fully saturated rings. The first-order valence-electron chi connectivity index (χ1n) is 6.25. The van der Waals surface area contributed by atoms with E-state index in [1.807, 2.05) is 19.1 Å². The molecule has 18 heavy (non-hydrogen) atoms. The highest BCUT2D eigenvalue weighted by molar-refractivity contribution is 5.42. The summed E-state index contributed by atoms with van der Waals surface area (Å²) >= 11 is 0. The van der Waals surface area contributed by atoms with E-state index in [-0.39, 0.29) is 6.54 Å². The van der Waals surface area contributed by atoms with E-state index in [1.54, 1.807) is 7.05 Å². The molecular formula is C13H19F2N3. The molecule has 1 aliphatic carbocycles. The van der Waals surface area contributed by atoms with E-state index >= 15 is 0 Å². The lowest BCUT2D eigenvalue weighted by molar-refractivity contribution is 0.156. The number of anilines is 1. The van der Waals surface area contributed by atoms with Gasteiger partial charge < -0.3 is 10.2 Å². The molecule has 2 rings (SSSR count). The molecule has 1 aromatic rings. The molecule has 0 aromatic carbocycles. The fourth-order valence-corrected chi connectivity index (χ4v) is 1.87. The average molecular weight is 255 g/mol. The lowest BCUT2D eigenvalue weighted by Crippen LogP contribution is -2.25. The van der Waals surface area contributed by atoms with E-state index in [0.717, 1.165) is 17.8 Å². The van der Waals surface area contributed by atoms with Crippen LogP contribution < -0.4 is 10.2 Å². The van der Waals surface area contributed by atoms with Gasteiger partial charge in [-0.2, -0.15) is 0 Å². The first-order valence-corrected chi connectivity index (χ1v) is 6.25. The molecule has 0 spiro atoms. The molecule has 0 unspecified atom stereocenters. The molecule has 1 saturated carbocycles. The van der Waals surface area contributed by atoms with Gasteiger partial charge >= 0.3 is 0 Å². The summed E-state index contributed by atoms with van der Waals surface area (Å²) in [5, 5.41) is 3.41. The topological polar surface area (TPSA) is 28.2 Å². The monoisotopic (exact) mass is 255 g/mol. The molecule has 5 heteroatoms. The van der Waals surface area contributed by atoms with Crippen molar-refractivity contribution >= 4 is 5.82 Å². The summed E-state index contributed by atoms with van der Waals surface area (Å²) in [6.07, 6.45) is 0.134. The summed E-state index contributed by atoms with van der Waals surface area (Å²) in [6.45, 7) is 2.38. The minimum Gasteiger partial charge on any atom is -0.354 e. The van der Waals surface area contributed by atoms with Gasteiger partial charge in [0.05, 0.1) is 6.54 Å². The normalized spacial score (nSPS) is 15.2. The summed E-state index contributed by atoms with van der Waals surface area (Å²) in [4.78, 5) is 5.79. The number of halogens is 2. The third-order valence-corrected chi connectivity index (χ3v) is 2.97. The van der Waals surface area contributed by atoms with Gasteiger partial charge in [0.25, 0.3) is 6.43 Å². The summed E-state index contributed by atoms with van der Waals surface area (Å²) in [5.74, 6) is 0.614. The third-order valence-electron chi connectivity index (χ3n) is 2.97. The molecule has 3 nitrogen and oxygen atoms in total. The van der Waals surface area contributed by atoms with Gasteiger partial charge in [-0.1, -0.05) is 0 Å². The van der Waals surface area contributed by atoms with Crippen molar-refractivity contribution in [3.05, 3.63) is 23.4 Å². The van der Waals surface area contributed by atoms with E-state index in [1.165, 1.54) is 17.7 Å². The Bertz CT molecular complexity index is 405. The van der Waals surface area contributed by atoms with Crippen molar-refractivity contribution in [3.8, 4) is 0 Å². The Kier molecular flexibility index (Phi) is 4.11. The van der Waals surface area contributed by atoms with Gasteiger partial charge in [-0.05, 0) is 37.5 Å². The van der Waals surface area contributed by atoms with Crippen molar-refractivity contribution in [1.82, 2.24) is 10.3 Å². The van der Waals surface area contributed by atoms with Crippen LogP contribution in [0.15, 0.2) is 12.1 Å². The zero-order valence-electron chi connectivity index (χ0n) is 10.8. The van der Waals surface area contributed by atoms with Crippen LogP contribution in [0.5, 0.6) is 0 Å². The number of alkyl halides is 2. The van der Waals surface area contributed by atoms with Crippen LogP contribution in [0.3, 0.4) is 0 Å². The number of hydrogen-bond donors (Lipinski definition) is 1. The number of hydrogen-bond acceptors (Lipinski definition) is 3. The van der Waals surface area contributed by atoms with E-state index in [4.69, 9.17) is 0 Å². The predicted octanol–water partition coefficient (Wildman–Crippen LogP) is 2.34. The molecule has 0 amide bonds. The van der Waals surface area contributed by atoms with Gasteiger partial charge in [0.1, 0.15) is 5.82 Å². The Morgan fingerprint density at radius 3 is 2.78 bits per heavy atom. The number of aromatic nitrogens is 1. The maximum Gasteiger partial charge on any atom is 0.255 e. The number of rotatable bonds is 6. The SMILES string of the molecule is Cc1cc(CNC2CC2)cc(N(C)CC(F)F)n1. The maximum absolute atomic E-state index is 12.4. The van der Waals surface area contributed by atoms with Crippen molar-refractivity contribution in [2.24, 2.45) is 0 Å². The Balaban J connectivity index is 2.04. The molecule has 100 valence electrons. The van der Waals surface area contributed by atoms with Crippen LogP contribution >= 0.6 is 0 Å². The molecule has 0 aliphatic heterocycles. The zero-order chi connectivity index (χ0) is 13.1. The number of nitrogens with zero attached hydrogens (tertiary/aromatic N) is 2. The van der Waals surface area contributed by atoms with Gasteiger partial charge in [-0.15, -0.1) is 0 Å². The first kappa shape index (κ1) is 13.2. The lowest BCUT2D eigenvalue weighted by atomic mass is 10.2. The van der Waals surface area contributed by atoms with Gasteiger partial charge in [0, 0.05) is 25.3 Å². The second kappa shape index (κ2) is 5.61. The molecule has 1 aliphatic rings. The van der Waals surface area contributed by atoms with Crippen LogP contribution in [-0.2, 0) is 6.54 Å². The standard InChI is InChI=1S/C13H19F2N3/c1-9-5-10(7-16-11-3-4-11)6-13(17-9)18(2)8-12(14)15/h5-6,11-12,16H,3-4,7-8H2,1-2H3. The van der Waals surface area contributed by atoms with Gasteiger partial charge in [0.2, 0.25) is 0 Å². The van der Waals surface area contributed by atoms with Crippen molar-refractivity contribution in [2.45, 2.75) is 38.8 Å².